The summed E-state index contributed by atoms with van der Waals surface area (Å²) >= 11 is 0. The predicted octanol–water partition coefficient (Wildman–Crippen LogP) is 2.66. The Hall–Kier alpha value is -2.04. The van der Waals surface area contributed by atoms with Gasteiger partial charge in [-0.15, -0.1) is 0 Å². The lowest BCUT2D eigenvalue weighted by molar-refractivity contribution is 0.472. The fraction of sp³-hybridized carbons (Fsp3) is 0.385. The van der Waals surface area contributed by atoms with Crippen molar-refractivity contribution in [3.05, 3.63) is 29.8 Å². The molecule has 2 heterocycles. The highest BCUT2D eigenvalue weighted by Gasteiger charge is 2.11. The molecule has 0 fully saturated rings. The molecule has 1 N–H and O–H groups in total. The van der Waals surface area contributed by atoms with E-state index < -0.39 is 0 Å². The van der Waals surface area contributed by atoms with Gasteiger partial charge in [0.25, 0.3) is 0 Å². The Morgan fingerprint density at radius 2 is 2.11 bits per heavy atom. The van der Waals surface area contributed by atoms with E-state index in [-0.39, 0.29) is 0 Å². The molecule has 2 rings (SSSR count). The minimum absolute atomic E-state index is 0.715. The first kappa shape index (κ1) is 12.4. The first-order valence-electron chi connectivity index (χ1n) is 5.98. The topological polar surface area (TPSA) is 52.0 Å². The fourth-order valence-corrected chi connectivity index (χ4v) is 1.80. The number of rotatable bonds is 4. The van der Waals surface area contributed by atoms with Crippen LogP contribution in [-0.2, 0) is 7.05 Å². The summed E-state index contributed by atoms with van der Waals surface area (Å²) in [5.41, 5.74) is 2.83. The Morgan fingerprint density at radius 1 is 1.33 bits per heavy atom. The molecule has 0 amide bonds. The average molecular weight is 246 g/mol. The third-order valence-corrected chi connectivity index (χ3v) is 2.76. The van der Waals surface area contributed by atoms with Crippen LogP contribution in [0.3, 0.4) is 0 Å². The SMILES string of the molecule is CCNc1cncc(Oc2c(C)nn(C)c2C)c1. The number of aryl methyl sites for hydroxylation is 2. The first-order valence-corrected chi connectivity index (χ1v) is 5.98. The van der Waals surface area contributed by atoms with Crippen LogP contribution in [0, 0.1) is 13.8 Å². The van der Waals surface area contributed by atoms with Gasteiger partial charge in [-0.1, -0.05) is 0 Å². The molecule has 0 radical (unpaired) electrons. The second-order valence-electron chi connectivity index (χ2n) is 4.17. The molecule has 5 nitrogen and oxygen atoms in total. The minimum atomic E-state index is 0.715. The smallest absolute Gasteiger partial charge is 0.171 e. The molecule has 5 heteroatoms. The van der Waals surface area contributed by atoms with Gasteiger partial charge in [0.1, 0.15) is 11.4 Å². The van der Waals surface area contributed by atoms with Crippen molar-refractivity contribution in [3.8, 4) is 11.5 Å². The van der Waals surface area contributed by atoms with Crippen molar-refractivity contribution in [1.29, 1.82) is 0 Å². The molecular weight excluding hydrogens is 228 g/mol. The summed E-state index contributed by atoms with van der Waals surface area (Å²) in [6, 6.07) is 1.93. The van der Waals surface area contributed by atoms with Crippen LogP contribution in [0.5, 0.6) is 11.5 Å². The van der Waals surface area contributed by atoms with Gasteiger partial charge in [-0.25, -0.2) is 0 Å². The number of ether oxygens (including phenoxy) is 1. The third-order valence-electron chi connectivity index (χ3n) is 2.76. The van der Waals surface area contributed by atoms with Gasteiger partial charge in [0.15, 0.2) is 5.75 Å². The van der Waals surface area contributed by atoms with Gasteiger partial charge in [0, 0.05) is 19.7 Å². The zero-order chi connectivity index (χ0) is 13.1. The van der Waals surface area contributed by atoms with Gasteiger partial charge >= 0.3 is 0 Å². The van der Waals surface area contributed by atoms with Crippen molar-refractivity contribution in [2.24, 2.45) is 7.05 Å². The number of anilines is 1. The summed E-state index contributed by atoms with van der Waals surface area (Å²) in [6.07, 6.45) is 3.48. The lowest BCUT2D eigenvalue weighted by Gasteiger charge is -2.08. The Kier molecular flexibility index (Phi) is 3.50. The maximum atomic E-state index is 5.86. The molecule has 18 heavy (non-hydrogen) atoms. The molecule has 0 saturated carbocycles. The van der Waals surface area contributed by atoms with Crippen LogP contribution in [0.25, 0.3) is 0 Å². The molecule has 0 aromatic carbocycles. The molecule has 0 aliphatic carbocycles. The summed E-state index contributed by atoms with van der Waals surface area (Å²) in [5, 5.41) is 7.53. The van der Waals surface area contributed by atoms with Crippen molar-refractivity contribution in [3.63, 3.8) is 0 Å². The molecule has 0 saturated heterocycles. The minimum Gasteiger partial charge on any atom is -0.452 e. The lowest BCUT2D eigenvalue weighted by atomic mass is 10.3. The Morgan fingerprint density at radius 3 is 2.72 bits per heavy atom. The van der Waals surface area contributed by atoms with Crippen LogP contribution < -0.4 is 10.1 Å². The predicted molar refractivity (Wildman–Crippen MR) is 71.2 cm³/mol. The quantitative estimate of drug-likeness (QED) is 0.901. The Balaban J connectivity index is 2.25. The highest BCUT2D eigenvalue weighted by Crippen LogP contribution is 2.28. The molecule has 0 atom stereocenters. The molecule has 0 aliphatic rings. The van der Waals surface area contributed by atoms with Gasteiger partial charge in [-0.3, -0.25) is 9.67 Å². The molecule has 96 valence electrons. The van der Waals surface area contributed by atoms with E-state index in [1.54, 1.807) is 12.4 Å². The monoisotopic (exact) mass is 246 g/mol. The van der Waals surface area contributed by atoms with Crippen LogP contribution in [-0.4, -0.2) is 21.3 Å². The zero-order valence-corrected chi connectivity index (χ0v) is 11.2. The highest BCUT2D eigenvalue weighted by atomic mass is 16.5. The molecule has 0 bridgehead atoms. The van der Waals surface area contributed by atoms with Crippen molar-refractivity contribution < 1.29 is 4.74 Å². The van der Waals surface area contributed by atoms with Crippen LogP contribution >= 0.6 is 0 Å². The van der Waals surface area contributed by atoms with Gasteiger partial charge < -0.3 is 10.1 Å². The fourth-order valence-electron chi connectivity index (χ4n) is 1.80. The lowest BCUT2D eigenvalue weighted by Crippen LogP contribution is -1.97. The van der Waals surface area contributed by atoms with Crippen LogP contribution in [0.2, 0.25) is 0 Å². The molecule has 0 spiro atoms. The van der Waals surface area contributed by atoms with Gasteiger partial charge in [0.05, 0.1) is 23.8 Å². The third kappa shape index (κ3) is 2.45. The maximum Gasteiger partial charge on any atom is 0.171 e. The Bertz CT molecular complexity index is 548. The number of nitrogens with one attached hydrogen (secondary N) is 1. The summed E-state index contributed by atoms with van der Waals surface area (Å²) in [7, 11) is 1.91. The van der Waals surface area contributed by atoms with Crippen molar-refractivity contribution in [2.75, 3.05) is 11.9 Å². The molecule has 0 aliphatic heterocycles. The van der Waals surface area contributed by atoms with Gasteiger partial charge in [-0.05, 0) is 20.8 Å². The zero-order valence-electron chi connectivity index (χ0n) is 11.2. The number of pyridine rings is 1. The van der Waals surface area contributed by atoms with Crippen molar-refractivity contribution >= 4 is 5.69 Å². The molecule has 2 aromatic heterocycles. The number of hydrogen-bond acceptors (Lipinski definition) is 4. The van der Waals surface area contributed by atoms with Crippen LogP contribution in [0.15, 0.2) is 18.5 Å². The van der Waals surface area contributed by atoms with E-state index in [2.05, 4.69) is 15.4 Å². The summed E-state index contributed by atoms with van der Waals surface area (Å²) in [6.45, 7) is 6.82. The van der Waals surface area contributed by atoms with E-state index in [4.69, 9.17) is 4.74 Å². The van der Waals surface area contributed by atoms with E-state index in [0.717, 1.165) is 29.4 Å². The van der Waals surface area contributed by atoms with Gasteiger partial charge in [-0.2, -0.15) is 5.10 Å². The standard InChI is InChI=1S/C13H18N4O/c1-5-15-11-6-12(8-14-7-11)18-13-9(2)16-17(4)10(13)3/h6-8,15H,5H2,1-4H3. The number of aromatic nitrogens is 3. The number of nitrogens with zero attached hydrogens (tertiary/aromatic N) is 3. The molecule has 2 aromatic rings. The second-order valence-corrected chi connectivity index (χ2v) is 4.17. The van der Waals surface area contributed by atoms with E-state index in [1.807, 2.05) is 38.6 Å². The molecular formula is C13H18N4O. The first-order chi connectivity index (χ1) is 8.61. The van der Waals surface area contributed by atoms with Crippen molar-refractivity contribution in [1.82, 2.24) is 14.8 Å². The van der Waals surface area contributed by atoms with E-state index in [9.17, 15) is 0 Å². The largest absolute Gasteiger partial charge is 0.452 e. The normalized spacial score (nSPS) is 10.4. The summed E-state index contributed by atoms with van der Waals surface area (Å²) in [4.78, 5) is 4.15. The maximum absolute atomic E-state index is 5.86. The Labute approximate surface area is 107 Å². The van der Waals surface area contributed by atoms with Crippen LogP contribution in [0.4, 0.5) is 5.69 Å². The average Bonchev–Trinajstić information content (AvgIpc) is 2.57. The van der Waals surface area contributed by atoms with E-state index in [1.165, 1.54) is 0 Å². The van der Waals surface area contributed by atoms with Crippen molar-refractivity contribution in [2.45, 2.75) is 20.8 Å². The van der Waals surface area contributed by atoms with E-state index >= 15 is 0 Å². The van der Waals surface area contributed by atoms with Gasteiger partial charge in [0.2, 0.25) is 0 Å². The number of hydrogen-bond donors (Lipinski definition) is 1. The van der Waals surface area contributed by atoms with Crippen LogP contribution in [0.1, 0.15) is 18.3 Å². The second kappa shape index (κ2) is 5.08. The summed E-state index contributed by atoms with van der Waals surface area (Å²) < 4.78 is 7.67. The summed E-state index contributed by atoms with van der Waals surface area (Å²) in [5.74, 6) is 1.51. The molecule has 0 unspecified atom stereocenters. The van der Waals surface area contributed by atoms with E-state index in [0.29, 0.717) is 5.75 Å². The highest BCUT2D eigenvalue weighted by molar-refractivity contribution is 5.47.